The van der Waals surface area contributed by atoms with Crippen molar-refractivity contribution in [3.63, 3.8) is 0 Å². The Hall–Kier alpha value is -0.950. The van der Waals surface area contributed by atoms with Crippen LogP contribution in [0.2, 0.25) is 0 Å². The van der Waals surface area contributed by atoms with Crippen LogP contribution in [-0.2, 0) is 10.0 Å². The van der Waals surface area contributed by atoms with Gasteiger partial charge in [0.1, 0.15) is 6.10 Å². The van der Waals surface area contributed by atoms with Crippen LogP contribution in [0.4, 0.5) is 0 Å². The van der Waals surface area contributed by atoms with Gasteiger partial charge in [0.05, 0.1) is 6.26 Å². The highest BCUT2D eigenvalue weighted by Gasteiger charge is 2.14. The lowest BCUT2D eigenvalue weighted by molar-refractivity contribution is 0.184. The molecular formula is C18H29IN4O3S2. The van der Waals surface area contributed by atoms with Crippen LogP contribution in [0.1, 0.15) is 24.3 Å². The second kappa shape index (κ2) is 11.9. The fraction of sp³-hybridized carbons (Fsp3) is 0.500. The predicted octanol–water partition coefficient (Wildman–Crippen LogP) is 2.39. The molecule has 0 saturated carbocycles. The molecule has 1 atom stereocenters. The van der Waals surface area contributed by atoms with E-state index in [1.807, 2.05) is 37.3 Å². The van der Waals surface area contributed by atoms with Crippen LogP contribution in [0.3, 0.4) is 0 Å². The Morgan fingerprint density at radius 1 is 1.32 bits per heavy atom. The van der Waals surface area contributed by atoms with E-state index in [2.05, 4.69) is 15.6 Å². The minimum atomic E-state index is -3.16. The monoisotopic (exact) mass is 540 g/mol. The van der Waals surface area contributed by atoms with Crippen molar-refractivity contribution in [2.75, 3.05) is 39.5 Å². The maximum atomic E-state index is 11.6. The molecule has 1 aromatic heterocycles. The second-order valence-corrected chi connectivity index (χ2v) is 9.29. The van der Waals surface area contributed by atoms with Crippen LogP contribution < -0.4 is 10.6 Å². The van der Waals surface area contributed by atoms with Gasteiger partial charge in [-0.05, 0) is 23.9 Å². The molecular weight excluding hydrogens is 511 g/mol. The van der Waals surface area contributed by atoms with Gasteiger partial charge in [0.2, 0.25) is 10.0 Å². The van der Waals surface area contributed by atoms with Crippen molar-refractivity contribution in [2.45, 2.75) is 19.4 Å². The summed E-state index contributed by atoms with van der Waals surface area (Å²) in [5.74, 6) is 0.581. The Morgan fingerprint density at radius 2 is 2.04 bits per heavy atom. The van der Waals surface area contributed by atoms with Crippen molar-refractivity contribution in [3.05, 3.63) is 35.2 Å². The molecule has 10 heteroatoms. The van der Waals surface area contributed by atoms with Crippen molar-refractivity contribution in [2.24, 2.45) is 4.99 Å². The summed E-state index contributed by atoms with van der Waals surface area (Å²) in [6.45, 7) is 3.68. The number of nitrogens with zero attached hydrogens (tertiary/aromatic N) is 2. The van der Waals surface area contributed by atoms with Gasteiger partial charge in [0.25, 0.3) is 0 Å². The molecule has 3 N–H and O–H groups in total. The van der Waals surface area contributed by atoms with Crippen LogP contribution >= 0.6 is 35.3 Å². The van der Waals surface area contributed by atoms with Gasteiger partial charge in [-0.25, -0.2) is 12.7 Å². The molecule has 0 aliphatic carbocycles. The van der Waals surface area contributed by atoms with Crippen LogP contribution in [0.25, 0.3) is 10.1 Å². The zero-order chi connectivity index (χ0) is 19.9. The summed E-state index contributed by atoms with van der Waals surface area (Å²) in [7, 11) is -1.49. The molecule has 2 rings (SSSR count). The molecule has 0 spiro atoms. The van der Waals surface area contributed by atoms with Gasteiger partial charge >= 0.3 is 0 Å². The Kier molecular flexibility index (Phi) is 10.7. The molecule has 0 fully saturated rings. The molecule has 158 valence electrons. The second-order valence-electron chi connectivity index (χ2n) is 6.19. The molecule has 1 heterocycles. The first-order valence-corrected chi connectivity index (χ1v) is 11.6. The average molecular weight is 540 g/mol. The van der Waals surface area contributed by atoms with E-state index in [4.69, 9.17) is 0 Å². The number of benzene rings is 1. The Bertz CT molecular complexity index is 838. The molecule has 0 saturated heterocycles. The molecule has 0 amide bonds. The van der Waals surface area contributed by atoms with Gasteiger partial charge in [-0.3, -0.25) is 4.99 Å². The van der Waals surface area contributed by atoms with Crippen molar-refractivity contribution in [1.29, 1.82) is 0 Å². The van der Waals surface area contributed by atoms with Gasteiger partial charge in [-0.2, -0.15) is 0 Å². The lowest BCUT2D eigenvalue weighted by Gasteiger charge is -2.18. The number of guanidine groups is 1. The minimum absolute atomic E-state index is 0. The first-order chi connectivity index (χ1) is 12.8. The van der Waals surface area contributed by atoms with Gasteiger partial charge in [0.15, 0.2) is 5.96 Å². The van der Waals surface area contributed by atoms with Crippen molar-refractivity contribution in [1.82, 2.24) is 14.9 Å². The molecule has 0 radical (unpaired) electrons. The van der Waals surface area contributed by atoms with Gasteiger partial charge < -0.3 is 15.7 Å². The van der Waals surface area contributed by atoms with Crippen molar-refractivity contribution < 1.29 is 13.5 Å². The number of halogens is 1. The van der Waals surface area contributed by atoms with Crippen molar-refractivity contribution >= 4 is 61.4 Å². The molecule has 7 nitrogen and oxygen atoms in total. The molecule has 0 bridgehead atoms. The predicted molar refractivity (Wildman–Crippen MR) is 128 cm³/mol. The number of thiophene rings is 1. The lowest BCUT2D eigenvalue weighted by atomic mass is 10.2. The normalized spacial score (nSPS) is 13.4. The Balaban J connectivity index is 0.00000392. The molecule has 2 aromatic rings. The van der Waals surface area contributed by atoms with Gasteiger partial charge in [-0.15, -0.1) is 35.3 Å². The lowest BCUT2D eigenvalue weighted by Crippen LogP contribution is -2.40. The van der Waals surface area contributed by atoms with Crippen LogP contribution in [0.15, 0.2) is 35.3 Å². The molecule has 0 aliphatic heterocycles. The van der Waals surface area contributed by atoms with E-state index in [1.165, 1.54) is 10.6 Å². The number of fused-ring (bicyclic) bond motifs is 1. The highest BCUT2D eigenvalue weighted by Crippen LogP contribution is 2.29. The standard InChI is InChI=1S/C18H28N4O3S2.HI/c1-4-22(27(3,24)25)11-7-10-20-18(19-2)21-13-15(23)17-12-14-8-5-6-9-16(14)26-17;/h5-6,8-9,12,15,23H,4,7,10-11,13H2,1-3H3,(H2,19,20,21);1H. The molecule has 1 aromatic carbocycles. The molecule has 0 aliphatic rings. The third-order valence-corrected chi connectivity index (χ3v) is 6.75. The van der Waals surface area contributed by atoms with E-state index in [0.29, 0.717) is 38.6 Å². The summed E-state index contributed by atoms with van der Waals surface area (Å²) in [4.78, 5) is 5.05. The fourth-order valence-electron chi connectivity index (χ4n) is 2.70. The van der Waals surface area contributed by atoms with E-state index in [9.17, 15) is 13.5 Å². The maximum Gasteiger partial charge on any atom is 0.211 e. The Morgan fingerprint density at radius 3 is 2.64 bits per heavy atom. The minimum Gasteiger partial charge on any atom is -0.386 e. The van der Waals surface area contributed by atoms with E-state index in [0.717, 1.165) is 15.0 Å². The number of sulfonamides is 1. The number of nitrogens with one attached hydrogen (secondary N) is 2. The summed E-state index contributed by atoms with van der Waals surface area (Å²) in [5, 5.41) is 17.8. The number of hydrogen-bond acceptors (Lipinski definition) is 5. The number of rotatable bonds is 9. The summed E-state index contributed by atoms with van der Waals surface area (Å²) in [6.07, 6.45) is 1.27. The largest absolute Gasteiger partial charge is 0.386 e. The maximum absolute atomic E-state index is 11.6. The van der Waals surface area contributed by atoms with Crippen molar-refractivity contribution in [3.8, 4) is 0 Å². The van der Waals surface area contributed by atoms with E-state index < -0.39 is 16.1 Å². The van der Waals surface area contributed by atoms with Gasteiger partial charge in [0, 0.05) is 42.8 Å². The smallest absolute Gasteiger partial charge is 0.211 e. The Labute approximate surface area is 188 Å². The molecule has 28 heavy (non-hydrogen) atoms. The number of aliphatic hydroxyl groups is 1. The summed E-state index contributed by atoms with van der Waals surface area (Å²) < 4.78 is 25.7. The number of aliphatic imine (C=N–C) groups is 1. The third kappa shape index (κ3) is 7.47. The first kappa shape index (κ1) is 25.1. The van der Waals surface area contributed by atoms with Crippen LogP contribution in [0.5, 0.6) is 0 Å². The van der Waals surface area contributed by atoms with E-state index in [-0.39, 0.29) is 24.0 Å². The quantitative estimate of drug-likeness (QED) is 0.197. The third-order valence-electron chi connectivity index (χ3n) is 4.16. The van der Waals surface area contributed by atoms with E-state index in [1.54, 1.807) is 18.4 Å². The highest BCUT2D eigenvalue weighted by atomic mass is 127. The first-order valence-electron chi connectivity index (χ1n) is 8.91. The number of aliphatic hydroxyl groups excluding tert-OH is 1. The zero-order valence-corrected chi connectivity index (χ0v) is 20.3. The summed E-state index contributed by atoms with van der Waals surface area (Å²) in [5.41, 5.74) is 0. The van der Waals surface area contributed by atoms with E-state index >= 15 is 0 Å². The highest BCUT2D eigenvalue weighted by molar-refractivity contribution is 14.0. The fourth-order valence-corrected chi connectivity index (χ4v) is 4.68. The average Bonchev–Trinajstić information content (AvgIpc) is 3.07. The summed E-state index contributed by atoms with van der Waals surface area (Å²) >= 11 is 1.58. The topological polar surface area (TPSA) is 94.0 Å². The summed E-state index contributed by atoms with van der Waals surface area (Å²) in [6, 6.07) is 10.1. The van der Waals surface area contributed by atoms with Gasteiger partial charge in [-0.1, -0.05) is 25.1 Å². The number of hydrogen-bond donors (Lipinski definition) is 3. The van der Waals surface area contributed by atoms with Crippen LogP contribution in [0, 0.1) is 0 Å². The van der Waals surface area contributed by atoms with Crippen LogP contribution in [-0.4, -0.2) is 63.3 Å². The molecule has 1 unspecified atom stereocenters. The SMILES string of the molecule is CCN(CCCNC(=NC)NCC(O)c1cc2ccccc2s1)S(C)(=O)=O.I. The zero-order valence-electron chi connectivity index (χ0n) is 16.4.